The van der Waals surface area contributed by atoms with Crippen LogP contribution in [0.5, 0.6) is 11.5 Å². The number of imidazole rings is 1. The van der Waals surface area contributed by atoms with E-state index in [1.165, 1.54) is 12.0 Å². The van der Waals surface area contributed by atoms with E-state index in [2.05, 4.69) is 25.1 Å². The summed E-state index contributed by atoms with van der Waals surface area (Å²) in [6.45, 7) is 4.16. The molecule has 3 N–H and O–H groups in total. The molecule has 3 saturated heterocycles. The number of β-amino-alcohol motifs (C(OH)–C–C–N with tert-alkyl or cyclic N) is 1. The molecule has 3 fully saturated rings. The van der Waals surface area contributed by atoms with Crippen LogP contribution in [0.4, 0.5) is 0 Å². The SMILES string of the molecule is COC[C@@H]1NC(=O)[C@H](C)N(Cc2ccc(Cl)cc2Oc2ccc(-c3cnc(CN4CC[C@H](O)C4)n3C)cc2)C(=O)C[C@@H](Cc2ccccc2)C(=O)N2CCC[C@@](Cc3ccc(Cl)cc3)(C2)NC1=O. The Bertz CT molecular complexity index is 2580. The van der Waals surface area contributed by atoms with Gasteiger partial charge in [0.1, 0.15) is 29.4 Å². The largest absolute Gasteiger partial charge is 0.457 e. The summed E-state index contributed by atoms with van der Waals surface area (Å²) in [5, 5.41) is 17.2. The third-order valence-corrected chi connectivity index (χ3v) is 13.9. The molecule has 5 atom stereocenters. The van der Waals surface area contributed by atoms with Crippen molar-refractivity contribution in [3.8, 4) is 22.8 Å². The minimum absolute atomic E-state index is 0.0782. The van der Waals surface area contributed by atoms with Crippen LogP contribution in [0.3, 0.4) is 0 Å². The number of hydrogen-bond donors (Lipinski definition) is 3. The first-order valence-corrected chi connectivity index (χ1v) is 24.0. The standard InChI is InChI=1S/C52H59Cl2N7O7/c1-34-49(64)56-44(32-67-3)50(65)57-52(27-36-10-15-40(53)16-11-36)21-7-22-60(33-52)51(66)39(24-35-8-5-4-6-9-35)25-48(63)61(34)29-38-12-17-41(54)26-46(38)68-43-18-13-37(14-19-43)45-28-55-47(58(45)2)31-59-23-20-42(62)30-59/h4-6,8-19,26,28,34,39,42,44,62H,7,20-25,27,29-33H2,1-3H3,(H,56,64)(H,57,65)/t34-,39+,42-,44-,52+/m0/s1. The lowest BCUT2D eigenvalue weighted by atomic mass is 9.81. The summed E-state index contributed by atoms with van der Waals surface area (Å²) in [6.07, 6.45) is 3.99. The molecule has 16 heteroatoms. The Morgan fingerprint density at radius 1 is 0.882 bits per heavy atom. The summed E-state index contributed by atoms with van der Waals surface area (Å²) >= 11 is 12.8. The number of benzene rings is 4. The number of carbonyl (C=O) groups is 4. The second-order valence-electron chi connectivity index (χ2n) is 18.4. The van der Waals surface area contributed by atoms with E-state index in [1.54, 1.807) is 42.2 Å². The highest BCUT2D eigenvalue weighted by atomic mass is 35.5. The molecule has 0 radical (unpaired) electrons. The van der Waals surface area contributed by atoms with E-state index < -0.39 is 41.3 Å². The van der Waals surface area contributed by atoms with Gasteiger partial charge in [-0.25, -0.2) is 4.98 Å². The minimum Gasteiger partial charge on any atom is -0.457 e. The Morgan fingerprint density at radius 3 is 2.35 bits per heavy atom. The molecule has 0 unspecified atom stereocenters. The molecule has 3 aliphatic rings. The van der Waals surface area contributed by atoms with Crippen LogP contribution in [0.2, 0.25) is 10.0 Å². The van der Waals surface area contributed by atoms with Gasteiger partial charge in [-0.05, 0) is 98.7 Å². The number of methoxy groups -OCH3 is 1. The Balaban J connectivity index is 1.08. The van der Waals surface area contributed by atoms with Crippen molar-refractivity contribution in [2.45, 2.75) is 82.3 Å². The Labute approximate surface area is 407 Å². The number of piperidine rings is 1. The van der Waals surface area contributed by atoms with Crippen molar-refractivity contribution in [2.75, 3.05) is 39.9 Å². The van der Waals surface area contributed by atoms with E-state index in [0.29, 0.717) is 66.0 Å². The average Bonchev–Trinajstić information content (AvgIpc) is 3.92. The lowest BCUT2D eigenvalue weighted by Crippen LogP contribution is -2.65. The molecule has 8 rings (SSSR count). The van der Waals surface area contributed by atoms with Gasteiger partial charge in [-0.3, -0.25) is 24.1 Å². The molecule has 1 aromatic heterocycles. The van der Waals surface area contributed by atoms with Crippen molar-refractivity contribution in [3.63, 3.8) is 0 Å². The molecule has 2 bridgehead atoms. The quantitative estimate of drug-likeness (QED) is 0.119. The highest BCUT2D eigenvalue weighted by molar-refractivity contribution is 6.31. The monoisotopic (exact) mass is 963 g/mol. The first-order chi connectivity index (χ1) is 32.8. The number of likely N-dealkylation sites (tertiary alicyclic amines) is 1. The average molecular weight is 965 g/mol. The normalized spacial score (nSPS) is 23.0. The van der Waals surface area contributed by atoms with Crippen molar-refractivity contribution < 1.29 is 33.8 Å². The summed E-state index contributed by atoms with van der Waals surface area (Å²) in [4.78, 5) is 68.8. The molecule has 0 aliphatic carbocycles. The molecule has 4 amide bonds. The zero-order valence-electron chi connectivity index (χ0n) is 38.7. The lowest BCUT2D eigenvalue weighted by molar-refractivity contribution is -0.147. The number of amides is 4. The predicted octanol–water partition coefficient (Wildman–Crippen LogP) is 6.58. The van der Waals surface area contributed by atoms with E-state index in [-0.39, 0.29) is 44.5 Å². The number of rotatable bonds is 13. The Morgan fingerprint density at radius 2 is 1.63 bits per heavy atom. The van der Waals surface area contributed by atoms with Crippen LogP contribution in [0.25, 0.3) is 11.3 Å². The first kappa shape index (κ1) is 48.7. The van der Waals surface area contributed by atoms with Crippen molar-refractivity contribution in [2.24, 2.45) is 13.0 Å². The Kier molecular flexibility index (Phi) is 15.5. The van der Waals surface area contributed by atoms with Gasteiger partial charge in [-0.2, -0.15) is 0 Å². The number of carbonyl (C=O) groups excluding carboxylic acids is 4. The number of ether oxygens (including phenoxy) is 2. The number of halogens is 2. The summed E-state index contributed by atoms with van der Waals surface area (Å²) < 4.78 is 14.0. The number of aromatic nitrogens is 2. The maximum atomic E-state index is 15.0. The fourth-order valence-corrected chi connectivity index (χ4v) is 9.97. The van der Waals surface area contributed by atoms with Gasteiger partial charge in [0, 0.05) is 67.9 Å². The van der Waals surface area contributed by atoms with Gasteiger partial charge in [0.15, 0.2) is 0 Å². The number of nitrogens with zero attached hydrogens (tertiary/aromatic N) is 5. The molecule has 5 aromatic rings. The summed E-state index contributed by atoms with van der Waals surface area (Å²) in [6, 6.07) is 27.5. The van der Waals surface area contributed by atoms with Crippen LogP contribution in [0, 0.1) is 5.92 Å². The third kappa shape index (κ3) is 11.7. The van der Waals surface area contributed by atoms with E-state index in [0.717, 1.165) is 41.2 Å². The fourth-order valence-electron chi connectivity index (χ4n) is 9.69. The Hall–Kier alpha value is -5.77. The second kappa shape index (κ2) is 21.7. The van der Waals surface area contributed by atoms with Crippen molar-refractivity contribution >= 4 is 46.8 Å². The second-order valence-corrected chi connectivity index (χ2v) is 19.3. The van der Waals surface area contributed by atoms with Gasteiger partial charge < -0.3 is 39.6 Å². The smallest absolute Gasteiger partial charge is 0.245 e. The van der Waals surface area contributed by atoms with Gasteiger partial charge in [0.2, 0.25) is 23.6 Å². The molecule has 68 heavy (non-hydrogen) atoms. The van der Waals surface area contributed by atoms with Crippen molar-refractivity contribution in [1.29, 1.82) is 0 Å². The van der Waals surface area contributed by atoms with E-state index >= 15 is 0 Å². The molecule has 0 spiro atoms. The van der Waals surface area contributed by atoms with Gasteiger partial charge in [-0.15, -0.1) is 0 Å². The highest BCUT2D eigenvalue weighted by Gasteiger charge is 2.43. The van der Waals surface area contributed by atoms with Crippen LogP contribution < -0.4 is 15.4 Å². The van der Waals surface area contributed by atoms with Crippen LogP contribution in [0.1, 0.15) is 55.1 Å². The molecular weight excluding hydrogens is 906 g/mol. The number of aliphatic hydroxyl groups is 1. The molecule has 4 heterocycles. The zero-order chi connectivity index (χ0) is 48.0. The molecule has 0 saturated carbocycles. The van der Waals surface area contributed by atoms with Crippen LogP contribution in [-0.2, 0) is 56.9 Å². The molecule has 3 aliphatic heterocycles. The topological polar surface area (TPSA) is 159 Å². The van der Waals surface area contributed by atoms with Crippen LogP contribution >= 0.6 is 23.2 Å². The number of aliphatic hydroxyl groups excluding tert-OH is 1. The van der Waals surface area contributed by atoms with Gasteiger partial charge >= 0.3 is 0 Å². The van der Waals surface area contributed by atoms with Gasteiger partial charge in [0.25, 0.3) is 0 Å². The van der Waals surface area contributed by atoms with Crippen LogP contribution in [0.15, 0.2) is 103 Å². The summed E-state index contributed by atoms with van der Waals surface area (Å²) in [5.41, 5.74) is 3.35. The zero-order valence-corrected chi connectivity index (χ0v) is 40.2. The minimum atomic E-state index is -1.11. The molecular formula is C52H59Cl2N7O7. The van der Waals surface area contributed by atoms with E-state index in [4.69, 9.17) is 32.7 Å². The highest BCUT2D eigenvalue weighted by Crippen LogP contribution is 2.34. The lowest BCUT2D eigenvalue weighted by Gasteiger charge is -2.45. The number of fused-ring (bicyclic) bond motifs is 2. The predicted molar refractivity (Wildman–Crippen MR) is 260 cm³/mol. The number of nitrogens with one attached hydrogen (secondary N) is 2. The first-order valence-electron chi connectivity index (χ1n) is 23.2. The molecule has 14 nitrogen and oxygen atoms in total. The fraction of sp³-hybridized carbons (Fsp3) is 0.404. The van der Waals surface area contributed by atoms with Gasteiger partial charge in [0.05, 0.1) is 49.1 Å². The molecule has 358 valence electrons. The third-order valence-electron chi connectivity index (χ3n) is 13.4. The maximum Gasteiger partial charge on any atom is 0.245 e. The van der Waals surface area contributed by atoms with E-state index in [9.17, 15) is 24.3 Å². The molecule has 4 aromatic carbocycles. The van der Waals surface area contributed by atoms with Gasteiger partial charge in [-0.1, -0.05) is 71.7 Å². The van der Waals surface area contributed by atoms with E-state index in [1.807, 2.05) is 80.0 Å². The number of hydrogen-bond acceptors (Lipinski definition) is 9. The maximum absolute atomic E-state index is 15.0. The van der Waals surface area contributed by atoms with Crippen molar-refractivity contribution in [3.05, 3.63) is 136 Å². The summed E-state index contributed by atoms with van der Waals surface area (Å²) in [7, 11) is 3.43. The van der Waals surface area contributed by atoms with Crippen LogP contribution in [-0.4, -0.2) is 117 Å². The summed E-state index contributed by atoms with van der Waals surface area (Å²) in [5.74, 6) is -0.646. The van der Waals surface area contributed by atoms with Crippen molar-refractivity contribution in [1.82, 2.24) is 34.9 Å².